The Kier molecular flexibility index (Phi) is 7.07. The van der Waals surface area contributed by atoms with Gasteiger partial charge in [-0.25, -0.2) is 4.68 Å². The van der Waals surface area contributed by atoms with Crippen molar-refractivity contribution >= 4 is 23.4 Å². The molecule has 0 radical (unpaired) electrons. The summed E-state index contributed by atoms with van der Waals surface area (Å²) in [4.78, 5) is 18.5. The number of thioether (sulfide) groups is 1. The first-order valence-corrected chi connectivity index (χ1v) is 10.4. The maximum atomic E-state index is 12.2. The van der Waals surface area contributed by atoms with Crippen LogP contribution in [-0.4, -0.2) is 51.2 Å². The zero-order chi connectivity index (χ0) is 20.6. The number of pyridine rings is 1. The number of nitrogens with zero attached hydrogens (tertiary/aromatic N) is 5. The van der Waals surface area contributed by atoms with Gasteiger partial charge < -0.3 is 16.1 Å². The third-order valence-electron chi connectivity index (χ3n) is 4.37. The number of rotatable bonds is 9. The fourth-order valence-corrected chi connectivity index (χ4v) is 3.56. The van der Waals surface area contributed by atoms with Gasteiger partial charge in [0.2, 0.25) is 11.1 Å². The van der Waals surface area contributed by atoms with Crippen molar-refractivity contribution in [2.75, 3.05) is 36.1 Å². The summed E-state index contributed by atoms with van der Waals surface area (Å²) in [5, 5.41) is 11.6. The molecule has 0 spiro atoms. The van der Waals surface area contributed by atoms with E-state index in [1.165, 1.54) is 22.0 Å². The van der Waals surface area contributed by atoms with Gasteiger partial charge in [0.05, 0.1) is 5.75 Å². The largest absolute Gasteiger partial charge is 0.370 e. The number of hydrogen-bond donors (Lipinski definition) is 2. The van der Waals surface area contributed by atoms with E-state index in [-0.39, 0.29) is 11.7 Å². The Labute approximate surface area is 174 Å². The first-order valence-electron chi connectivity index (χ1n) is 9.40. The highest BCUT2D eigenvalue weighted by Gasteiger charge is 2.14. The van der Waals surface area contributed by atoms with E-state index in [1.54, 1.807) is 18.5 Å². The summed E-state index contributed by atoms with van der Waals surface area (Å²) in [6.45, 7) is 6.37. The number of benzene rings is 1. The number of likely N-dealkylation sites (N-methyl/N-ethyl adjacent to an activating group) is 1. The number of aryl methyl sites for hydroxylation is 1. The molecule has 3 aromatic rings. The molecular weight excluding hydrogens is 386 g/mol. The molecule has 0 aliphatic rings. The number of aromatic nitrogens is 4. The summed E-state index contributed by atoms with van der Waals surface area (Å²) in [5.74, 6) is 6.73. The van der Waals surface area contributed by atoms with Crippen LogP contribution in [0.4, 0.5) is 5.69 Å². The number of carbonyl (C=O) groups excluding carboxylic acids is 1. The number of anilines is 1. The Hall–Kier alpha value is -3.07. The Morgan fingerprint density at radius 1 is 1.28 bits per heavy atom. The molecule has 0 saturated carbocycles. The molecule has 0 bridgehead atoms. The molecule has 1 amide bonds. The second-order valence-electron chi connectivity index (χ2n) is 6.48. The molecule has 2 aromatic heterocycles. The predicted molar refractivity (Wildman–Crippen MR) is 116 cm³/mol. The second-order valence-corrected chi connectivity index (χ2v) is 7.42. The van der Waals surface area contributed by atoms with Crippen LogP contribution in [0.2, 0.25) is 0 Å². The van der Waals surface area contributed by atoms with Crippen LogP contribution in [-0.2, 0) is 4.79 Å². The summed E-state index contributed by atoms with van der Waals surface area (Å²) in [6, 6.07) is 12.0. The molecule has 152 valence electrons. The number of carbonyl (C=O) groups is 1. The molecule has 3 N–H and O–H groups in total. The van der Waals surface area contributed by atoms with Crippen molar-refractivity contribution in [2.45, 2.75) is 19.0 Å². The number of hydrogen-bond acceptors (Lipinski definition) is 7. The van der Waals surface area contributed by atoms with Crippen molar-refractivity contribution in [1.29, 1.82) is 0 Å². The number of amides is 1. The molecule has 0 atom stereocenters. The van der Waals surface area contributed by atoms with Crippen LogP contribution in [0.1, 0.15) is 12.5 Å². The van der Waals surface area contributed by atoms with E-state index in [2.05, 4.69) is 57.4 Å². The van der Waals surface area contributed by atoms with Gasteiger partial charge in [0, 0.05) is 43.3 Å². The quantitative estimate of drug-likeness (QED) is 0.411. The molecule has 29 heavy (non-hydrogen) atoms. The second kappa shape index (κ2) is 9.92. The van der Waals surface area contributed by atoms with Crippen LogP contribution in [0.15, 0.2) is 53.9 Å². The Morgan fingerprint density at radius 2 is 2.14 bits per heavy atom. The fourth-order valence-electron chi connectivity index (χ4n) is 2.87. The summed E-state index contributed by atoms with van der Waals surface area (Å²) in [5.41, 5.74) is 3.16. The molecule has 0 aliphatic heterocycles. The molecule has 0 saturated heterocycles. The molecule has 0 unspecified atom stereocenters. The standard InChI is InChI=1S/C20H25N7OS/c1-3-26(17-8-4-6-15(2)12-17)11-10-23-18(28)14-29-20-25-24-19(27(20)21)16-7-5-9-22-13-16/h4-9,12-13H,3,10-11,14,21H2,1-2H3,(H,23,28). The molecule has 0 aliphatic carbocycles. The number of nitrogen functional groups attached to an aromatic ring is 1. The van der Waals surface area contributed by atoms with Crippen LogP contribution >= 0.6 is 11.8 Å². The lowest BCUT2D eigenvalue weighted by atomic mass is 10.2. The molecule has 2 heterocycles. The van der Waals surface area contributed by atoms with Crippen molar-refractivity contribution in [3.05, 3.63) is 54.4 Å². The third-order valence-corrected chi connectivity index (χ3v) is 5.31. The third kappa shape index (κ3) is 5.47. The highest BCUT2D eigenvalue weighted by Crippen LogP contribution is 2.20. The van der Waals surface area contributed by atoms with Gasteiger partial charge in [0.1, 0.15) is 0 Å². The maximum Gasteiger partial charge on any atom is 0.230 e. The summed E-state index contributed by atoms with van der Waals surface area (Å²) < 4.78 is 1.38. The molecule has 1 aromatic carbocycles. The van der Waals surface area contributed by atoms with Crippen molar-refractivity contribution in [3.63, 3.8) is 0 Å². The highest BCUT2D eigenvalue weighted by atomic mass is 32.2. The van der Waals surface area contributed by atoms with Crippen molar-refractivity contribution in [1.82, 2.24) is 25.2 Å². The van der Waals surface area contributed by atoms with Crippen LogP contribution in [0, 0.1) is 6.92 Å². The van der Waals surface area contributed by atoms with Crippen molar-refractivity contribution in [3.8, 4) is 11.4 Å². The average Bonchev–Trinajstić information content (AvgIpc) is 3.10. The number of nitrogens with one attached hydrogen (secondary N) is 1. The maximum absolute atomic E-state index is 12.2. The Bertz CT molecular complexity index is 945. The Balaban J connectivity index is 1.47. The van der Waals surface area contributed by atoms with Gasteiger partial charge in [-0.1, -0.05) is 23.9 Å². The van der Waals surface area contributed by atoms with E-state index >= 15 is 0 Å². The van der Waals surface area contributed by atoms with Crippen molar-refractivity contribution < 1.29 is 4.79 Å². The lowest BCUT2D eigenvalue weighted by Crippen LogP contribution is -2.35. The summed E-state index contributed by atoms with van der Waals surface area (Å²) >= 11 is 1.25. The van der Waals surface area contributed by atoms with Gasteiger partial charge in [-0.15, -0.1) is 10.2 Å². The number of nitrogens with two attached hydrogens (primary N) is 1. The predicted octanol–water partition coefficient (Wildman–Crippen LogP) is 2.10. The SMILES string of the molecule is CCN(CCNC(=O)CSc1nnc(-c2cccnc2)n1N)c1cccc(C)c1. The molecule has 8 nitrogen and oxygen atoms in total. The van der Waals surface area contributed by atoms with Gasteiger partial charge in [0.25, 0.3) is 0 Å². The molecule has 9 heteroatoms. The zero-order valence-electron chi connectivity index (χ0n) is 16.6. The molecule has 3 rings (SSSR count). The van der Waals surface area contributed by atoms with Crippen LogP contribution in [0.25, 0.3) is 11.4 Å². The first-order chi connectivity index (χ1) is 14.1. The van der Waals surface area contributed by atoms with Gasteiger partial charge in [-0.3, -0.25) is 9.78 Å². The lowest BCUT2D eigenvalue weighted by molar-refractivity contribution is -0.118. The first kappa shape index (κ1) is 20.7. The van der Waals surface area contributed by atoms with E-state index in [9.17, 15) is 4.79 Å². The highest BCUT2D eigenvalue weighted by molar-refractivity contribution is 7.99. The summed E-state index contributed by atoms with van der Waals surface area (Å²) in [7, 11) is 0. The lowest BCUT2D eigenvalue weighted by Gasteiger charge is -2.23. The van der Waals surface area contributed by atoms with E-state index in [4.69, 9.17) is 5.84 Å². The minimum absolute atomic E-state index is 0.0683. The van der Waals surface area contributed by atoms with Crippen LogP contribution in [0.3, 0.4) is 0 Å². The van der Waals surface area contributed by atoms with E-state index in [1.807, 2.05) is 12.1 Å². The normalized spacial score (nSPS) is 10.7. The minimum Gasteiger partial charge on any atom is -0.370 e. The smallest absolute Gasteiger partial charge is 0.230 e. The molecule has 0 fully saturated rings. The molecular formula is C20H25N7OS. The van der Waals surface area contributed by atoms with Gasteiger partial charge >= 0.3 is 0 Å². The van der Waals surface area contributed by atoms with Crippen molar-refractivity contribution in [2.24, 2.45) is 0 Å². The van der Waals surface area contributed by atoms with Gasteiger partial charge in [-0.2, -0.15) is 0 Å². The monoisotopic (exact) mass is 411 g/mol. The fraction of sp³-hybridized carbons (Fsp3) is 0.300. The van der Waals surface area contributed by atoms with Crippen LogP contribution < -0.4 is 16.1 Å². The topological polar surface area (TPSA) is 102 Å². The van der Waals surface area contributed by atoms with E-state index < -0.39 is 0 Å². The minimum atomic E-state index is -0.0683. The van der Waals surface area contributed by atoms with Crippen LogP contribution in [0.5, 0.6) is 0 Å². The zero-order valence-corrected chi connectivity index (χ0v) is 17.4. The Morgan fingerprint density at radius 3 is 2.86 bits per heavy atom. The van der Waals surface area contributed by atoms with Gasteiger partial charge in [-0.05, 0) is 43.7 Å². The van der Waals surface area contributed by atoms with Gasteiger partial charge in [0.15, 0.2) is 5.82 Å². The van der Waals surface area contributed by atoms with E-state index in [0.29, 0.717) is 17.5 Å². The average molecular weight is 412 g/mol. The summed E-state index contributed by atoms with van der Waals surface area (Å²) in [6.07, 6.45) is 3.35. The van der Waals surface area contributed by atoms with E-state index in [0.717, 1.165) is 24.3 Å².